The Labute approximate surface area is 286 Å². The number of thiazole rings is 1. The number of benzene rings is 2. The number of aliphatic imine (C=N–C) groups is 1. The molecule has 3 aliphatic rings. The lowest BCUT2D eigenvalue weighted by Crippen LogP contribution is -2.49. The molecule has 13 heteroatoms. The average Bonchev–Trinajstić information content (AvgIpc) is 3.59. The Balaban J connectivity index is 0.921. The van der Waals surface area contributed by atoms with Crippen molar-refractivity contribution in [2.24, 2.45) is 28.0 Å². The maximum absolute atomic E-state index is 14.4. The number of ketones is 1. The number of allylic oxidation sites excluding steroid dienone is 1. The van der Waals surface area contributed by atoms with Crippen LogP contribution < -0.4 is 15.8 Å². The van der Waals surface area contributed by atoms with Crippen LogP contribution in [0.1, 0.15) is 62.7 Å². The van der Waals surface area contributed by atoms with Gasteiger partial charge in [0.15, 0.2) is 5.69 Å². The average molecular weight is 686 g/mol. The summed E-state index contributed by atoms with van der Waals surface area (Å²) in [5, 5.41) is 11.5. The van der Waals surface area contributed by atoms with Gasteiger partial charge in [-0.3, -0.25) is 19.7 Å². The molecule has 4 aromatic rings. The summed E-state index contributed by atoms with van der Waals surface area (Å²) in [6.45, 7) is 4.63. The summed E-state index contributed by atoms with van der Waals surface area (Å²) in [6, 6.07) is 17.0. The van der Waals surface area contributed by atoms with E-state index in [0.717, 1.165) is 31.6 Å². The predicted molar refractivity (Wildman–Crippen MR) is 182 cm³/mol. The molecule has 1 amide bonds. The van der Waals surface area contributed by atoms with Gasteiger partial charge in [-0.25, -0.2) is 13.8 Å². The summed E-state index contributed by atoms with van der Waals surface area (Å²) in [6.07, 6.45) is 3.92. The SMILES string of the molecule is CC12Cc3[nH]nc(C(=O)N/C(C=NC(c4ccccc4)C4CN(CCCOc5cccc(C(=O)c6cscn6)c5)C4)=C/N)c3CC1C2(F)F. The summed E-state index contributed by atoms with van der Waals surface area (Å²) < 4.78 is 34.7. The minimum Gasteiger partial charge on any atom is -0.494 e. The van der Waals surface area contributed by atoms with Gasteiger partial charge in [0, 0.05) is 77.9 Å². The van der Waals surface area contributed by atoms with Crippen molar-refractivity contribution < 1.29 is 23.1 Å². The Hall–Kier alpha value is -4.75. The molecule has 2 aliphatic carbocycles. The van der Waals surface area contributed by atoms with Crippen molar-refractivity contribution in [3.8, 4) is 5.75 Å². The molecule has 4 N–H and O–H groups in total. The Kier molecular flexibility index (Phi) is 8.88. The summed E-state index contributed by atoms with van der Waals surface area (Å²) >= 11 is 1.39. The Morgan fingerprint density at radius 2 is 2.04 bits per heavy atom. The third-order valence-electron chi connectivity index (χ3n) is 10.0. The van der Waals surface area contributed by atoms with E-state index in [2.05, 4.69) is 25.4 Å². The molecule has 254 valence electrons. The van der Waals surface area contributed by atoms with Crippen molar-refractivity contribution in [1.29, 1.82) is 0 Å². The molecule has 3 atom stereocenters. The second-order valence-corrected chi connectivity index (χ2v) is 13.9. The highest BCUT2D eigenvalue weighted by atomic mass is 32.1. The largest absolute Gasteiger partial charge is 0.494 e. The summed E-state index contributed by atoms with van der Waals surface area (Å²) in [4.78, 5) is 37.1. The minimum absolute atomic E-state index is 0.107. The highest BCUT2D eigenvalue weighted by molar-refractivity contribution is 7.07. The first-order valence-corrected chi connectivity index (χ1v) is 17.3. The number of nitrogens with zero attached hydrogens (tertiary/aromatic N) is 4. The van der Waals surface area contributed by atoms with Crippen LogP contribution in [0, 0.1) is 17.3 Å². The van der Waals surface area contributed by atoms with Crippen molar-refractivity contribution in [3.05, 3.63) is 111 Å². The molecule has 49 heavy (non-hydrogen) atoms. The molecule has 1 aliphatic heterocycles. The van der Waals surface area contributed by atoms with Crippen LogP contribution in [0.2, 0.25) is 0 Å². The molecule has 0 radical (unpaired) electrons. The summed E-state index contributed by atoms with van der Waals surface area (Å²) in [5.41, 5.74) is 10.0. The molecule has 7 rings (SSSR count). The first kappa shape index (κ1) is 32.8. The topological polar surface area (TPSA) is 139 Å². The molecule has 2 aromatic heterocycles. The summed E-state index contributed by atoms with van der Waals surface area (Å²) in [5.74, 6) is -3.27. The van der Waals surface area contributed by atoms with Gasteiger partial charge in [-0.05, 0) is 30.5 Å². The molecular formula is C36H37F2N7O3S. The fraction of sp³-hybridized carbons (Fsp3) is 0.361. The zero-order valence-corrected chi connectivity index (χ0v) is 27.8. The van der Waals surface area contributed by atoms with Gasteiger partial charge in [0.1, 0.15) is 11.4 Å². The number of hydrogen-bond acceptors (Lipinski definition) is 9. The number of aromatic amines is 1. The number of carbonyl (C=O) groups is 2. The minimum atomic E-state index is -2.75. The first-order chi connectivity index (χ1) is 23.7. The van der Waals surface area contributed by atoms with Crippen LogP contribution in [-0.4, -0.2) is 70.1 Å². The van der Waals surface area contributed by atoms with Gasteiger partial charge in [0.05, 0.1) is 23.9 Å². The summed E-state index contributed by atoms with van der Waals surface area (Å²) in [7, 11) is 0. The van der Waals surface area contributed by atoms with E-state index in [-0.39, 0.29) is 36.3 Å². The van der Waals surface area contributed by atoms with Crippen LogP contribution in [0.4, 0.5) is 8.78 Å². The zero-order valence-electron chi connectivity index (χ0n) is 26.9. The number of rotatable bonds is 13. The number of fused-ring (bicyclic) bond motifs is 2. The van der Waals surface area contributed by atoms with E-state index in [0.29, 0.717) is 40.6 Å². The van der Waals surface area contributed by atoms with E-state index in [1.165, 1.54) is 17.5 Å². The Bertz CT molecular complexity index is 1890. The van der Waals surface area contributed by atoms with E-state index in [1.807, 2.05) is 42.5 Å². The van der Waals surface area contributed by atoms with Crippen molar-refractivity contribution >= 4 is 29.2 Å². The van der Waals surface area contributed by atoms with Crippen LogP contribution in [0.15, 0.2) is 82.4 Å². The zero-order chi connectivity index (χ0) is 34.2. The van der Waals surface area contributed by atoms with Gasteiger partial charge in [-0.15, -0.1) is 11.3 Å². The first-order valence-electron chi connectivity index (χ1n) is 16.3. The third kappa shape index (κ3) is 6.40. The van der Waals surface area contributed by atoms with Crippen molar-refractivity contribution in [3.63, 3.8) is 0 Å². The normalized spacial score (nSPS) is 22.2. The van der Waals surface area contributed by atoms with Crippen LogP contribution in [-0.2, 0) is 12.8 Å². The lowest BCUT2D eigenvalue weighted by Gasteiger charge is -2.42. The molecule has 0 bridgehead atoms. The number of amides is 1. The molecule has 2 aromatic carbocycles. The number of nitrogens with one attached hydrogen (secondary N) is 2. The van der Waals surface area contributed by atoms with Gasteiger partial charge >= 0.3 is 0 Å². The van der Waals surface area contributed by atoms with Gasteiger partial charge in [0.2, 0.25) is 5.78 Å². The quantitative estimate of drug-likeness (QED) is 0.0998. The second kappa shape index (κ2) is 13.3. The number of halogens is 2. The number of likely N-dealkylation sites (tertiary alicyclic amines) is 1. The van der Waals surface area contributed by atoms with Crippen LogP contribution in [0.5, 0.6) is 5.75 Å². The number of hydrogen-bond donors (Lipinski definition) is 3. The van der Waals surface area contributed by atoms with Crippen molar-refractivity contribution in [1.82, 2.24) is 25.4 Å². The lowest BCUT2D eigenvalue weighted by molar-refractivity contribution is 0.0630. The van der Waals surface area contributed by atoms with E-state index < -0.39 is 23.2 Å². The highest BCUT2D eigenvalue weighted by Gasteiger charge is 2.78. The third-order valence-corrected chi connectivity index (χ3v) is 10.6. The number of carbonyl (C=O) groups excluding carboxylic acids is 2. The monoisotopic (exact) mass is 685 g/mol. The van der Waals surface area contributed by atoms with E-state index in [4.69, 9.17) is 15.5 Å². The molecule has 1 saturated heterocycles. The van der Waals surface area contributed by atoms with Gasteiger partial charge < -0.3 is 20.7 Å². The van der Waals surface area contributed by atoms with Crippen LogP contribution >= 0.6 is 11.3 Å². The van der Waals surface area contributed by atoms with Crippen molar-refractivity contribution in [2.75, 3.05) is 26.2 Å². The molecule has 3 unspecified atom stereocenters. The molecule has 0 spiro atoms. The number of H-pyrrole nitrogens is 1. The predicted octanol–water partition coefficient (Wildman–Crippen LogP) is 5.21. The highest BCUT2D eigenvalue weighted by Crippen LogP contribution is 2.70. The van der Waals surface area contributed by atoms with E-state index in [9.17, 15) is 18.4 Å². The van der Waals surface area contributed by atoms with Gasteiger partial charge in [0.25, 0.3) is 11.8 Å². The Morgan fingerprint density at radius 3 is 2.80 bits per heavy atom. The molecular weight excluding hydrogens is 649 g/mol. The number of alkyl halides is 2. The Morgan fingerprint density at radius 1 is 1.22 bits per heavy atom. The second-order valence-electron chi connectivity index (χ2n) is 13.2. The number of ether oxygens (including phenoxy) is 1. The van der Waals surface area contributed by atoms with Gasteiger partial charge in [-0.1, -0.05) is 49.4 Å². The van der Waals surface area contributed by atoms with Crippen LogP contribution in [0.25, 0.3) is 0 Å². The van der Waals surface area contributed by atoms with Gasteiger partial charge in [-0.2, -0.15) is 5.10 Å². The smallest absolute Gasteiger partial charge is 0.276 e. The molecule has 2 fully saturated rings. The van der Waals surface area contributed by atoms with E-state index >= 15 is 0 Å². The standard InChI is InChI=1S/C36H37F2N7O3S/c1-35-15-28-27(14-30(35)36(35,37)38)32(44-43-28)34(47)42-25(16-39)17-40-31(22-7-3-2-4-8-22)24-18-45(19-24)11-6-12-48-26-10-5-9-23(13-26)33(46)29-20-49-21-41-29/h2-5,7-10,13,16-17,20-21,24,30-31H,6,11-12,14-15,18-19,39H2,1H3,(H,42,47)(H,43,44)/b25-16+,40-17?. The number of aromatic nitrogens is 3. The fourth-order valence-corrected chi connectivity index (χ4v) is 7.60. The van der Waals surface area contributed by atoms with Crippen molar-refractivity contribution in [2.45, 2.75) is 38.2 Å². The fourth-order valence-electron chi connectivity index (χ4n) is 7.06. The maximum atomic E-state index is 14.4. The number of nitrogens with two attached hydrogens (primary N) is 1. The molecule has 10 nitrogen and oxygen atoms in total. The molecule has 1 saturated carbocycles. The van der Waals surface area contributed by atoms with Crippen LogP contribution in [0.3, 0.4) is 0 Å². The van der Waals surface area contributed by atoms with E-state index in [1.54, 1.807) is 36.2 Å². The lowest BCUT2D eigenvalue weighted by atomic mass is 9.87. The maximum Gasteiger partial charge on any atom is 0.276 e. The molecule has 3 heterocycles.